The van der Waals surface area contributed by atoms with Crippen molar-refractivity contribution in [2.24, 2.45) is 0 Å². The lowest BCUT2D eigenvalue weighted by atomic mass is 10.0. The lowest BCUT2D eigenvalue weighted by Gasteiger charge is -2.16. The van der Waals surface area contributed by atoms with Crippen LogP contribution in [0.2, 0.25) is 5.02 Å². The summed E-state index contributed by atoms with van der Waals surface area (Å²) in [5, 5.41) is 10.7. The number of pyridine rings is 1. The molecular formula is C15H17ClN2O3. The third-order valence-electron chi connectivity index (χ3n) is 3.18. The van der Waals surface area contributed by atoms with Crippen LogP contribution >= 0.6 is 11.6 Å². The van der Waals surface area contributed by atoms with Gasteiger partial charge in [0.25, 0.3) is 0 Å². The van der Waals surface area contributed by atoms with Gasteiger partial charge in [0.2, 0.25) is 0 Å². The summed E-state index contributed by atoms with van der Waals surface area (Å²) < 4.78 is 10.4. The molecule has 0 spiro atoms. The first-order valence-electron chi connectivity index (χ1n) is 6.35. The minimum Gasteiger partial charge on any atom is -0.493 e. The molecule has 2 rings (SSSR count). The summed E-state index contributed by atoms with van der Waals surface area (Å²) in [6, 6.07) is 6.95. The van der Waals surface area contributed by atoms with Gasteiger partial charge in [0.1, 0.15) is 5.82 Å². The maximum absolute atomic E-state index is 10.4. The SMILES string of the molecule is COc1cc(C(O)Cc2cccnc2N)cc(Cl)c1OC. The van der Waals surface area contributed by atoms with Crippen molar-refractivity contribution in [3.8, 4) is 11.5 Å². The maximum atomic E-state index is 10.4. The molecule has 1 aromatic carbocycles. The Kier molecular flexibility index (Phi) is 4.88. The van der Waals surface area contributed by atoms with Crippen LogP contribution in [0.4, 0.5) is 5.82 Å². The Bertz CT molecular complexity index is 634. The molecule has 0 saturated carbocycles. The van der Waals surface area contributed by atoms with Gasteiger partial charge in [-0.25, -0.2) is 4.98 Å². The van der Waals surface area contributed by atoms with Crippen LogP contribution in [0.15, 0.2) is 30.5 Å². The van der Waals surface area contributed by atoms with Crippen LogP contribution in [0.1, 0.15) is 17.2 Å². The van der Waals surface area contributed by atoms with E-state index in [1.54, 1.807) is 24.4 Å². The zero-order valence-electron chi connectivity index (χ0n) is 11.8. The summed E-state index contributed by atoms with van der Waals surface area (Å²) in [6.45, 7) is 0. The molecule has 2 aromatic rings. The Morgan fingerprint density at radius 1 is 1.33 bits per heavy atom. The average molecular weight is 309 g/mol. The molecule has 112 valence electrons. The molecule has 1 unspecified atom stereocenters. The van der Waals surface area contributed by atoms with E-state index < -0.39 is 6.10 Å². The molecule has 0 aliphatic rings. The highest BCUT2D eigenvalue weighted by atomic mass is 35.5. The van der Waals surface area contributed by atoms with Crippen LogP contribution in [0, 0.1) is 0 Å². The number of nitrogens with two attached hydrogens (primary N) is 1. The zero-order valence-corrected chi connectivity index (χ0v) is 12.6. The summed E-state index contributed by atoms with van der Waals surface area (Å²) in [7, 11) is 3.03. The lowest BCUT2D eigenvalue weighted by molar-refractivity contribution is 0.178. The number of halogens is 1. The van der Waals surface area contributed by atoms with E-state index in [4.69, 9.17) is 26.8 Å². The first kappa shape index (κ1) is 15.4. The average Bonchev–Trinajstić information content (AvgIpc) is 2.48. The highest BCUT2D eigenvalue weighted by molar-refractivity contribution is 6.32. The van der Waals surface area contributed by atoms with Gasteiger partial charge in [-0.3, -0.25) is 0 Å². The number of nitrogen functional groups attached to an aromatic ring is 1. The van der Waals surface area contributed by atoms with Crippen molar-refractivity contribution >= 4 is 17.4 Å². The fourth-order valence-corrected chi connectivity index (χ4v) is 2.38. The van der Waals surface area contributed by atoms with Crippen molar-refractivity contribution in [3.63, 3.8) is 0 Å². The Morgan fingerprint density at radius 2 is 2.10 bits per heavy atom. The molecule has 1 aromatic heterocycles. The van der Waals surface area contributed by atoms with E-state index in [1.807, 2.05) is 6.07 Å². The van der Waals surface area contributed by atoms with Crippen LogP contribution in [0.5, 0.6) is 11.5 Å². The Hall–Kier alpha value is -1.98. The number of hydrogen-bond donors (Lipinski definition) is 2. The molecule has 0 bridgehead atoms. The Morgan fingerprint density at radius 3 is 2.71 bits per heavy atom. The number of ether oxygens (including phenoxy) is 2. The lowest BCUT2D eigenvalue weighted by Crippen LogP contribution is -2.06. The molecule has 5 nitrogen and oxygen atoms in total. The molecule has 0 fully saturated rings. The number of benzene rings is 1. The monoisotopic (exact) mass is 308 g/mol. The van der Waals surface area contributed by atoms with Gasteiger partial charge < -0.3 is 20.3 Å². The third-order valence-corrected chi connectivity index (χ3v) is 3.46. The number of anilines is 1. The summed E-state index contributed by atoms with van der Waals surface area (Å²) in [5.74, 6) is 1.32. The Balaban J connectivity index is 2.29. The largest absolute Gasteiger partial charge is 0.493 e. The molecule has 0 radical (unpaired) electrons. The zero-order chi connectivity index (χ0) is 15.4. The van der Waals surface area contributed by atoms with Gasteiger partial charge in [0.15, 0.2) is 11.5 Å². The van der Waals surface area contributed by atoms with E-state index in [0.717, 1.165) is 5.56 Å². The molecule has 0 aliphatic heterocycles. The molecule has 0 saturated heterocycles. The fraction of sp³-hybridized carbons (Fsp3) is 0.267. The first-order chi connectivity index (χ1) is 10.1. The maximum Gasteiger partial charge on any atom is 0.179 e. The molecule has 1 atom stereocenters. The summed E-state index contributed by atoms with van der Waals surface area (Å²) in [6.07, 6.45) is 1.18. The van der Waals surface area contributed by atoms with E-state index in [-0.39, 0.29) is 0 Å². The van der Waals surface area contributed by atoms with E-state index in [9.17, 15) is 5.11 Å². The van der Waals surface area contributed by atoms with E-state index >= 15 is 0 Å². The van der Waals surface area contributed by atoms with Gasteiger partial charge in [-0.15, -0.1) is 0 Å². The second-order valence-corrected chi connectivity index (χ2v) is 4.91. The predicted octanol–water partition coefficient (Wildman–Crippen LogP) is 2.61. The highest BCUT2D eigenvalue weighted by Crippen LogP contribution is 2.38. The van der Waals surface area contributed by atoms with Crippen molar-refractivity contribution < 1.29 is 14.6 Å². The van der Waals surface area contributed by atoms with Gasteiger partial charge >= 0.3 is 0 Å². The van der Waals surface area contributed by atoms with Crippen LogP contribution in [0.25, 0.3) is 0 Å². The second kappa shape index (κ2) is 6.65. The van der Waals surface area contributed by atoms with Gasteiger partial charge in [-0.05, 0) is 29.3 Å². The van der Waals surface area contributed by atoms with Crippen LogP contribution in [-0.2, 0) is 6.42 Å². The standard InChI is InChI=1S/C15H17ClN2O3/c1-20-13-8-10(6-11(16)14(13)21-2)12(19)7-9-4-3-5-18-15(9)17/h3-6,8,12,19H,7H2,1-2H3,(H2,17,18). The summed E-state index contributed by atoms with van der Waals surface area (Å²) in [4.78, 5) is 4.00. The topological polar surface area (TPSA) is 77.6 Å². The molecule has 21 heavy (non-hydrogen) atoms. The number of rotatable bonds is 5. The van der Waals surface area contributed by atoms with Gasteiger partial charge in [0.05, 0.1) is 25.3 Å². The molecule has 0 aliphatic carbocycles. The molecule has 0 amide bonds. The van der Waals surface area contributed by atoms with Gasteiger partial charge in [-0.2, -0.15) is 0 Å². The molecular weight excluding hydrogens is 292 g/mol. The molecule has 1 heterocycles. The normalized spacial score (nSPS) is 12.0. The summed E-state index contributed by atoms with van der Waals surface area (Å²) in [5.41, 5.74) is 7.19. The van der Waals surface area contributed by atoms with Crippen molar-refractivity contribution in [3.05, 3.63) is 46.6 Å². The Labute approximate surface area is 128 Å². The minimum absolute atomic E-state index is 0.339. The predicted molar refractivity (Wildman–Crippen MR) is 81.9 cm³/mol. The van der Waals surface area contributed by atoms with E-state index in [1.165, 1.54) is 14.2 Å². The fourth-order valence-electron chi connectivity index (χ4n) is 2.08. The number of methoxy groups -OCH3 is 2. The van der Waals surface area contributed by atoms with Crippen molar-refractivity contribution in [2.75, 3.05) is 20.0 Å². The number of aliphatic hydroxyl groups is 1. The van der Waals surface area contributed by atoms with Crippen LogP contribution in [0.3, 0.4) is 0 Å². The quantitative estimate of drug-likeness (QED) is 0.888. The van der Waals surface area contributed by atoms with Gasteiger partial charge in [0, 0.05) is 12.6 Å². The van der Waals surface area contributed by atoms with Crippen LogP contribution < -0.4 is 15.2 Å². The van der Waals surface area contributed by atoms with Crippen molar-refractivity contribution in [1.29, 1.82) is 0 Å². The third kappa shape index (κ3) is 3.37. The second-order valence-electron chi connectivity index (χ2n) is 4.51. The molecule has 3 N–H and O–H groups in total. The number of nitrogens with zero attached hydrogens (tertiary/aromatic N) is 1. The van der Waals surface area contributed by atoms with E-state index in [2.05, 4.69) is 4.98 Å². The van der Waals surface area contributed by atoms with Gasteiger partial charge in [-0.1, -0.05) is 17.7 Å². The number of aromatic nitrogens is 1. The highest BCUT2D eigenvalue weighted by Gasteiger charge is 2.17. The smallest absolute Gasteiger partial charge is 0.179 e. The summed E-state index contributed by atoms with van der Waals surface area (Å²) >= 11 is 6.14. The number of hydrogen-bond acceptors (Lipinski definition) is 5. The van der Waals surface area contributed by atoms with Crippen molar-refractivity contribution in [2.45, 2.75) is 12.5 Å². The number of aliphatic hydroxyl groups excluding tert-OH is 1. The first-order valence-corrected chi connectivity index (χ1v) is 6.73. The van der Waals surface area contributed by atoms with Crippen LogP contribution in [-0.4, -0.2) is 24.3 Å². The van der Waals surface area contributed by atoms with E-state index in [0.29, 0.717) is 34.3 Å². The molecule has 6 heteroatoms. The minimum atomic E-state index is -0.770. The van der Waals surface area contributed by atoms with Crippen molar-refractivity contribution in [1.82, 2.24) is 4.98 Å².